The van der Waals surface area contributed by atoms with Gasteiger partial charge in [-0.1, -0.05) is 91.3 Å². The van der Waals surface area contributed by atoms with Crippen LogP contribution in [-0.4, -0.2) is 280 Å². The number of nitrogens with one attached hydrogen (secondary N) is 1. The van der Waals surface area contributed by atoms with Crippen molar-refractivity contribution >= 4 is 167 Å². The van der Waals surface area contributed by atoms with Gasteiger partial charge in [0.2, 0.25) is 0 Å². The number of hydroxylamine groups is 2. The van der Waals surface area contributed by atoms with Gasteiger partial charge in [-0.15, -0.1) is 5.06 Å². The van der Waals surface area contributed by atoms with E-state index in [4.69, 9.17) is 52.5 Å². The van der Waals surface area contributed by atoms with Gasteiger partial charge >= 0.3 is 139 Å². The van der Waals surface area contributed by atoms with Crippen LogP contribution in [0.15, 0.2) is 121 Å². The van der Waals surface area contributed by atoms with Crippen LogP contribution in [-0.2, 0) is 92.9 Å². The second-order valence-corrected chi connectivity index (χ2v) is 52.8. The minimum absolute atomic E-state index is 0. The number of rotatable bonds is 48. The average Bonchev–Trinajstić information content (AvgIpc) is 1.52. The van der Waals surface area contributed by atoms with Crippen LogP contribution >= 0.6 is 0 Å². The van der Waals surface area contributed by atoms with E-state index in [0.29, 0.717) is 68.1 Å². The predicted octanol–water partition coefficient (Wildman–Crippen LogP) is -7.48. The molecular weight excluding hydrogens is 1860 g/mol. The quantitative estimate of drug-likeness (QED) is 0.0122. The van der Waals surface area contributed by atoms with Crippen LogP contribution in [0.1, 0.15) is 119 Å². The summed E-state index contributed by atoms with van der Waals surface area (Å²) in [5.74, 6) is -5.87. The molecule has 1 fully saturated rings. The van der Waals surface area contributed by atoms with Crippen LogP contribution in [0.3, 0.4) is 0 Å². The van der Waals surface area contributed by atoms with E-state index in [1.54, 1.807) is 42.5 Å². The van der Waals surface area contributed by atoms with Gasteiger partial charge < -0.3 is 64.1 Å². The number of amidine groups is 4. The number of aliphatic imine (C=N–C) groups is 4. The van der Waals surface area contributed by atoms with E-state index in [-0.39, 0.29) is 340 Å². The number of carbonyl (C=O) groups excluding carboxylic acids is 4. The van der Waals surface area contributed by atoms with Gasteiger partial charge in [0.1, 0.15) is 28.4 Å². The Bertz CT molecular complexity index is 5690. The number of benzene rings is 4. The fourth-order valence-corrected chi connectivity index (χ4v) is 31.6. The molecule has 0 unspecified atom stereocenters. The van der Waals surface area contributed by atoms with Crippen LogP contribution in [0.2, 0.25) is 38.3 Å². The molecule has 1 N–H and O–H groups in total. The maximum absolute atomic E-state index is 13.0. The molecule has 52 heteroatoms. The molecule has 3 amide bonds. The van der Waals surface area contributed by atoms with Gasteiger partial charge in [0.25, 0.3) is 11.8 Å². The molecule has 6 aromatic rings. The molecule has 39 nitrogen and oxygen atoms in total. The molecule has 11 rings (SSSR count). The van der Waals surface area contributed by atoms with E-state index < -0.39 is 145 Å². The van der Waals surface area contributed by atoms with Gasteiger partial charge in [-0.2, -0.15) is 0 Å². The molecule has 7 heterocycles. The normalized spacial score (nSPS) is 15.1. The van der Waals surface area contributed by atoms with E-state index in [2.05, 4.69) is 5.32 Å². The first-order valence-corrected chi connectivity index (χ1v) is 57.2. The van der Waals surface area contributed by atoms with Crippen LogP contribution in [0, 0.1) is 0 Å². The molecule has 0 radical (unpaired) electrons. The number of hydrogen-bond donors (Lipinski definition) is 1. The Morgan fingerprint density at radius 2 is 0.802 bits per heavy atom. The molecule has 0 aliphatic carbocycles. The fraction of sp³-hybridized carbons (Fsp3) is 0.514. The van der Waals surface area contributed by atoms with Gasteiger partial charge in [-0.3, -0.25) is 18.1 Å². The maximum atomic E-state index is 13.0. The summed E-state index contributed by atoms with van der Waals surface area (Å²) in [4.78, 5) is 86.9. The predicted molar refractivity (Wildman–Crippen MR) is 447 cm³/mol. The summed E-state index contributed by atoms with van der Waals surface area (Å²) in [7, 11) is -42.0. The summed E-state index contributed by atoms with van der Waals surface area (Å²) in [6.07, 6.45) is -0.834. The standard InChI is InChI=1S/C74H100N12O27S6Si3.4Na/c1-120(2,52-21-42-85(36-15-46-114(91,92)93,37-16-47-115(94,95)96)38-17-48-116(97,98)99)112-122(113-121(3,4)53-22-43-86(39-18-49-117(100,101)102,40-19-50-118(103,104)105)41-20-51-119(106,107)108)83-70-56-26-9-10-27-57(56)72(83)80-68-60-30-14-31-61(109-44-23-45-110-74(90)75-35-13-5-6-32-64(89)111-82-62(87)33-34-63(82)88)65(60)69(77-68)81-73-59-29-12-11-28-58(59)71(84(73)122)79-67-55-25-8-7-24-54(55)66(76-67)78-70;;;;/h7-12,14,24-31H,5-6,13,15-23,32-53H2,1-4H3,(H5-2,75,90,91,92,93,94,95,96,97,98,99,100,101,102,103,104,105,106,107,108);;;;/q;4*+1/p-4. The number of quaternary nitrogens is 2. The molecule has 5 aliphatic rings. The Morgan fingerprint density at radius 1 is 0.429 bits per heavy atom. The number of aromatic nitrogens is 2. The van der Waals surface area contributed by atoms with Crippen molar-refractivity contribution in [1.82, 2.24) is 18.8 Å². The molecule has 6 bridgehead atoms. The van der Waals surface area contributed by atoms with Crippen LogP contribution in [0.5, 0.6) is 5.75 Å². The van der Waals surface area contributed by atoms with Crippen LogP contribution in [0.4, 0.5) is 16.4 Å². The van der Waals surface area contributed by atoms with Gasteiger partial charge in [-0.25, -0.2) is 90.1 Å². The third-order valence-corrected chi connectivity index (χ3v) is 37.9. The number of fused-ring (bicyclic) bond motifs is 14. The number of alkyl carbamates (subject to hydrolysis) is 1. The van der Waals surface area contributed by atoms with Crippen LogP contribution < -0.4 is 139 Å². The van der Waals surface area contributed by atoms with E-state index in [1.165, 1.54) is 0 Å². The summed E-state index contributed by atoms with van der Waals surface area (Å²) < 4.78 is 253. The van der Waals surface area contributed by atoms with Crippen LogP contribution in [0.25, 0.3) is 21.5 Å². The van der Waals surface area contributed by atoms with Crippen molar-refractivity contribution < 1.29 is 247 Å². The number of carbonyl (C=O) groups is 4. The van der Waals surface area contributed by atoms with E-state index in [1.807, 2.05) is 83.2 Å². The largest absolute Gasteiger partial charge is 1.00 e. The van der Waals surface area contributed by atoms with Crippen molar-refractivity contribution in [2.24, 2.45) is 30.0 Å². The Morgan fingerprint density at radius 3 is 1.23 bits per heavy atom. The van der Waals surface area contributed by atoms with Crippen molar-refractivity contribution in [1.29, 1.82) is 0 Å². The summed E-state index contributed by atoms with van der Waals surface area (Å²) in [5, 5.41) is 5.08. The number of hydrogen-bond acceptors (Lipinski definition) is 33. The minimum Gasteiger partial charge on any atom is -0.748 e. The van der Waals surface area contributed by atoms with Gasteiger partial charge in [0.15, 0.2) is 40.0 Å². The van der Waals surface area contributed by atoms with Crippen molar-refractivity contribution in [3.8, 4) is 5.75 Å². The first kappa shape index (κ1) is 109. The molecule has 2 aromatic heterocycles. The molecular formula is C74H96N12Na4O27S6Si3. The zero-order valence-electron chi connectivity index (χ0n) is 71.6. The fourth-order valence-electron chi connectivity index (χ4n) is 16.2. The number of nitrogens with zero attached hydrogens (tertiary/aromatic N) is 11. The van der Waals surface area contributed by atoms with Crippen molar-refractivity contribution in [2.75, 3.05) is 107 Å². The maximum Gasteiger partial charge on any atom is 1.00 e. The second-order valence-electron chi connectivity index (χ2n) is 32.0. The number of ether oxygens (including phenoxy) is 2. The van der Waals surface area contributed by atoms with Crippen molar-refractivity contribution in [3.05, 3.63) is 124 Å². The topological polar surface area (TPSA) is 557 Å². The Balaban J connectivity index is 0.00000544. The second kappa shape index (κ2) is 45.7. The third-order valence-electron chi connectivity index (χ3n) is 21.5. The van der Waals surface area contributed by atoms with Crippen molar-refractivity contribution in [3.63, 3.8) is 0 Å². The zero-order chi connectivity index (χ0) is 88.5. The van der Waals surface area contributed by atoms with Gasteiger partial charge in [0.05, 0.1) is 132 Å². The van der Waals surface area contributed by atoms with Crippen molar-refractivity contribution in [2.45, 2.75) is 135 Å². The average molecular weight is 1950 g/mol. The zero-order valence-corrected chi connectivity index (χ0v) is 87.5. The Labute approximate surface area is 824 Å². The molecule has 4 aromatic carbocycles. The Hall–Kier alpha value is -4.13. The summed E-state index contributed by atoms with van der Waals surface area (Å²) in [5.41, 5.74) is 2.35. The van der Waals surface area contributed by atoms with E-state index >= 15 is 0 Å². The Kier molecular flexibility index (Phi) is 39.5. The molecule has 1 saturated heterocycles. The molecule has 126 heavy (non-hydrogen) atoms. The monoisotopic (exact) mass is 1950 g/mol. The first-order valence-electron chi connectivity index (χ1n) is 39.8. The van der Waals surface area contributed by atoms with Gasteiger partial charge in [0, 0.05) is 144 Å². The summed E-state index contributed by atoms with van der Waals surface area (Å²) >= 11 is 0. The summed E-state index contributed by atoms with van der Waals surface area (Å²) in [6, 6.07) is 27.3. The molecule has 666 valence electrons. The minimum atomic E-state index is -5.30. The molecule has 5 aliphatic heterocycles. The SMILES string of the molecule is C[Si](C)(CCC[N+](CCCS(=O)(=O)[O-])(CCCS(=O)(=O)[O-])CCCS(=O)(=O)[O-])O[Si]1(O[Si](C)(C)CCC[N+](CCCS(=O)(=O)[O-])(CCCS(=O)(=O)[O-])CCCS(=O)(=O)[O-])n2c3c4ccccc4c2N=C2N=C(N=c4c5ccccc5c(n41)=NC1=NC(=N3)c3ccccc31)c1cccc(OCCCOC(=O)NCCCCCC(=O)ON3C(=O)CCC3=O)c12.[Na+].[Na+].[Na+].[Na+]. The van der Waals surface area contributed by atoms with E-state index in [9.17, 15) is 97.0 Å². The first-order chi connectivity index (χ1) is 57.2. The number of amides is 3. The molecule has 0 saturated carbocycles. The molecule has 0 spiro atoms. The molecule has 0 atom stereocenters. The van der Waals surface area contributed by atoms with Gasteiger partial charge in [-0.05, 0) is 70.0 Å². The number of unbranched alkanes of at least 4 members (excludes halogenated alkanes) is 2. The van der Waals surface area contributed by atoms with E-state index in [0.717, 1.165) is 0 Å². The smallest absolute Gasteiger partial charge is 0.748 e. The summed E-state index contributed by atoms with van der Waals surface area (Å²) in [6.45, 7) is 6.87. The number of imide groups is 1. The third kappa shape index (κ3) is 30.2.